The molecule has 4 rings (SSSR count). The third kappa shape index (κ3) is 4.60. The lowest BCUT2D eigenvalue weighted by molar-refractivity contribution is -0.122. The highest BCUT2D eigenvalue weighted by Gasteiger charge is 2.17. The van der Waals surface area contributed by atoms with Gasteiger partial charge in [0.2, 0.25) is 11.8 Å². The van der Waals surface area contributed by atoms with Gasteiger partial charge in [0, 0.05) is 24.7 Å². The molecule has 0 unspecified atom stereocenters. The predicted octanol–water partition coefficient (Wildman–Crippen LogP) is 2.53. The molecule has 1 aliphatic carbocycles. The second-order valence-electron chi connectivity index (χ2n) is 7.26. The zero-order valence-electron chi connectivity index (χ0n) is 15.7. The van der Waals surface area contributed by atoms with Crippen molar-refractivity contribution in [2.75, 3.05) is 11.9 Å². The third-order valence-electron chi connectivity index (χ3n) is 5.07. The van der Waals surface area contributed by atoms with Crippen molar-refractivity contribution >= 4 is 23.6 Å². The van der Waals surface area contributed by atoms with Crippen molar-refractivity contribution in [3.63, 3.8) is 0 Å². The van der Waals surface area contributed by atoms with Gasteiger partial charge < -0.3 is 15.4 Å². The molecule has 2 aliphatic rings. The highest BCUT2D eigenvalue weighted by atomic mass is 16.5. The summed E-state index contributed by atoms with van der Waals surface area (Å²) in [7, 11) is 0. The number of ether oxygens (including phenoxy) is 1. The normalized spacial score (nSPS) is 16.1. The van der Waals surface area contributed by atoms with Crippen LogP contribution in [0.5, 0.6) is 5.75 Å². The van der Waals surface area contributed by atoms with Gasteiger partial charge in [-0.15, -0.1) is 0 Å². The third-order valence-corrected chi connectivity index (χ3v) is 5.07. The van der Waals surface area contributed by atoms with Crippen molar-refractivity contribution < 1.29 is 14.3 Å². The Morgan fingerprint density at radius 2 is 2.14 bits per heavy atom. The van der Waals surface area contributed by atoms with E-state index in [0.717, 1.165) is 30.6 Å². The van der Waals surface area contributed by atoms with Gasteiger partial charge in [0.25, 0.3) is 0 Å². The van der Waals surface area contributed by atoms with Crippen LogP contribution in [0.2, 0.25) is 0 Å². The van der Waals surface area contributed by atoms with Crippen LogP contribution in [0.1, 0.15) is 36.8 Å². The minimum Gasteiger partial charge on any atom is -0.493 e. The Labute approximate surface area is 163 Å². The summed E-state index contributed by atoms with van der Waals surface area (Å²) in [6, 6.07) is 6.18. The van der Waals surface area contributed by atoms with Crippen LogP contribution in [-0.4, -0.2) is 34.2 Å². The first kappa shape index (κ1) is 18.3. The first-order valence-corrected chi connectivity index (χ1v) is 9.72. The SMILES string of the molecule is O=C(/C=C/c1ccc2c(c1)CCO2)Nc1cnn(CC(=O)NC2CCCC2)c1. The van der Waals surface area contributed by atoms with Crippen molar-refractivity contribution in [3.05, 3.63) is 47.8 Å². The number of carbonyl (C=O) groups excluding carboxylic acids is 2. The summed E-state index contributed by atoms with van der Waals surface area (Å²) in [5.41, 5.74) is 2.68. The lowest BCUT2D eigenvalue weighted by Gasteiger charge is -2.11. The molecule has 2 heterocycles. The fourth-order valence-corrected chi connectivity index (χ4v) is 3.67. The van der Waals surface area contributed by atoms with Crippen molar-refractivity contribution in [1.82, 2.24) is 15.1 Å². The number of fused-ring (bicyclic) bond motifs is 1. The summed E-state index contributed by atoms with van der Waals surface area (Å²) in [6.45, 7) is 0.866. The molecule has 28 heavy (non-hydrogen) atoms. The van der Waals surface area contributed by atoms with Crippen LogP contribution in [0.4, 0.5) is 5.69 Å². The molecule has 0 spiro atoms. The topological polar surface area (TPSA) is 85.2 Å². The molecule has 0 radical (unpaired) electrons. The molecular weight excluding hydrogens is 356 g/mol. The molecule has 146 valence electrons. The van der Waals surface area contributed by atoms with Crippen molar-refractivity contribution in [2.24, 2.45) is 0 Å². The smallest absolute Gasteiger partial charge is 0.248 e. The van der Waals surface area contributed by atoms with E-state index in [9.17, 15) is 9.59 Å². The average molecular weight is 380 g/mol. The highest BCUT2D eigenvalue weighted by molar-refractivity contribution is 6.01. The minimum atomic E-state index is -0.244. The van der Waals surface area contributed by atoms with E-state index in [1.807, 2.05) is 18.2 Å². The molecular formula is C21H24N4O3. The molecule has 1 fully saturated rings. The van der Waals surface area contributed by atoms with Gasteiger partial charge in [0.1, 0.15) is 12.3 Å². The number of aromatic nitrogens is 2. The molecule has 2 aromatic rings. The number of hydrogen-bond donors (Lipinski definition) is 2. The fourth-order valence-electron chi connectivity index (χ4n) is 3.67. The first-order valence-electron chi connectivity index (χ1n) is 9.72. The Morgan fingerprint density at radius 3 is 3.00 bits per heavy atom. The molecule has 2 N–H and O–H groups in total. The highest BCUT2D eigenvalue weighted by Crippen LogP contribution is 2.26. The number of amides is 2. The van der Waals surface area contributed by atoms with Crippen LogP contribution in [-0.2, 0) is 22.6 Å². The van der Waals surface area contributed by atoms with Crippen LogP contribution in [0.15, 0.2) is 36.7 Å². The zero-order chi connectivity index (χ0) is 19.3. The maximum Gasteiger partial charge on any atom is 0.248 e. The molecule has 7 heteroatoms. The van der Waals surface area contributed by atoms with Gasteiger partial charge in [-0.25, -0.2) is 0 Å². The van der Waals surface area contributed by atoms with E-state index < -0.39 is 0 Å². The van der Waals surface area contributed by atoms with Crippen molar-refractivity contribution in [3.8, 4) is 5.75 Å². The maximum absolute atomic E-state index is 12.1. The average Bonchev–Trinajstić information content (AvgIpc) is 3.42. The lowest BCUT2D eigenvalue weighted by Crippen LogP contribution is -2.35. The lowest BCUT2D eigenvalue weighted by atomic mass is 10.1. The van der Waals surface area contributed by atoms with Gasteiger partial charge in [-0.1, -0.05) is 18.9 Å². The number of nitrogens with zero attached hydrogens (tertiary/aromatic N) is 2. The Balaban J connectivity index is 1.28. The van der Waals surface area contributed by atoms with E-state index in [2.05, 4.69) is 15.7 Å². The Bertz CT molecular complexity index is 897. The second kappa shape index (κ2) is 8.29. The van der Waals surface area contributed by atoms with Crippen LogP contribution in [0.3, 0.4) is 0 Å². The largest absolute Gasteiger partial charge is 0.493 e. The summed E-state index contributed by atoms with van der Waals surface area (Å²) in [6.07, 6.45) is 11.8. The summed E-state index contributed by atoms with van der Waals surface area (Å²) < 4.78 is 7.02. The maximum atomic E-state index is 12.1. The molecule has 7 nitrogen and oxygen atoms in total. The minimum absolute atomic E-state index is 0.0478. The van der Waals surface area contributed by atoms with E-state index in [4.69, 9.17) is 4.74 Å². The number of hydrogen-bond acceptors (Lipinski definition) is 4. The molecule has 1 aliphatic heterocycles. The van der Waals surface area contributed by atoms with Crippen molar-refractivity contribution in [1.29, 1.82) is 0 Å². The van der Waals surface area contributed by atoms with E-state index in [-0.39, 0.29) is 24.4 Å². The number of anilines is 1. The number of rotatable bonds is 6. The van der Waals surface area contributed by atoms with Gasteiger partial charge >= 0.3 is 0 Å². The van der Waals surface area contributed by atoms with Crippen molar-refractivity contribution in [2.45, 2.75) is 44.7 Å². The van der Waals surface area contributed by atoms with E-state index in [1.54, 1.807) is 18.5 Å². The van der Waals surface area contributed by atoms with E-state index in [0.29, 0.717) is 12.3 Å². The monoisotopic (exact) mass is 380 g/mol. The molecule has 1 saturated carbocycles. The predicted molar refractivity (Wildman–Crippen MR) is 106 cm³/mol. The summed E-state index contributed by atoms with van der Waals surface area (Å²) in [4.78, 5) is 24.2. The Hall–Kier alpha value is -3.09. The molecule has 0 atom stereocenters. The number of benzene rings is 1. The molecule has 1 aromatic heterocycles. The van der Waals surface area contributed by atoms with Gasteiger partial charge in [0.05, 0.1) is 18.5 Å². The zero-order valence-corrected chi connectivity index (χ0v) is 15.7. The Morgan fingerprint density at radius 1 is 1.29 bits per heavy atom. The summed E-state index contributed by atoms with van der Waals surface area (Å²) >= 11 is 0. The first-order chi connectivity index (χ1) is 13.7. The quantitative estimate of drug-likeness (QED) is 0.754. The fraction of sp³-hybridized carbons (Fsp3) is 0.381. The summed E-state index contributed by atoms with van der Waals surface area (Å²) in [5.74, 6) is 0.631. The summed E-state index contributed by atoms with van der Waals surface area (Å²) in [5, 5.41) is 9.94. The van der Waals surface area contributed by atoms with E-state index >= 15 is 0 Å². The molecule has 2 amide bonds. The van der Waals surface area contributed by atoms with Crippen LogP contribution in [0.25, 0.3) is 6.08 Å². The van der Waals surface area contributed by atoms with Gasteiger partial charge in [-0.05, 0) is 42.2 Å². The molecule has 0 bridgehead atoms. The number of nitrogens with one attached hydrogen (secondary N) is 2. The number of carbonyl (C=O) groups is 2. The van der Waals surface area contributed by atoms with Gasteiger partial charge in [-0.3, -0.25) is 14.3 Å². The van der Waals surface area contributed by atoms with Crippen LogP contribution < -0.4 is 15.4 Å². The van der Waals surface area contributed by atoms with E-state index in [1.165, 1.54) is 29.2 Å². The second-order valence-corrected chi connectivity index (χ2v) is 7.26. The van der Waals surface area contributed by atoms with Gasteiger partial charge in [-0.2, -0.15) is 5.10 Å². The van der Waals surface area contributed by atoms with Crippen LogP contribution in [0, 0.1) is 0 Å². The molecule has 1 aromatic carbocycles. The Kier molecular flexibility index (Phi) is 5.41. The standard InChI is InChI=1S/C21H24N4O3/c26-20(8-6-15-5-7-19-16(11-15)9-10-28-19)24-18-12-22-25(13-18)14-21(27)23-17-3-1-2-4-17/h5-8,11-13,17H,1-4,9-10,14H2,(H,23,27)(H,24,26)/b8-6+. The van der Waals surface area contributed by atoms with Gasteiger partial charge in [0.15, 0.2) is 0 Å². The molecule has 0 saturated heterocycles. The van der Waals surface area contributed by atoms with Crippen LogP contribution >= 0.6 is 0 Å².